The Morgan fingerprint density at radius 1 is 1.10 bits per heavy atom. The molecule has 0 unspecified atom stereocenters. The fourth-order valence-electron chi connectivity index (χ4n) is 0.772. The summed E-state index contributed by atoms with van der Waals surface area (Å²) in [5.41, 5.74) is 0. The van der Waals surface area contributed by atoms with Crippen molar-refractivity contribution in [2.75, 3.05) is 13.2 Å². The third-order valence-electron chi connectivity index (χ3n) is 1.37. The molecule has 0 fully saturated rings. The first-order valence-corrected chi connectivity index (χ1v) is 3.92. The maximum atomic E-state index is 9.96. The summed E-state index contributed by atoms with van der Waals surface area (Å²) in [6.07, 6.45) is 6.81. The average Bonchev–Trinajstić information content (AvgIpc) is 1.97. The smallest absolute Gasteiger partial charge is 0.0822 e. The number of hydrogen-bond donors (Lipinski definition) is 1. The van der Waals surface area contributed by atoms with Crippen molar-refractivity contribution in [2.24, 2.45) is 0 Å². The molecule has 2 nitrogen and oxygen atoms in total. The molecule has 0 aliphatic rings. The summed E-state index contributed by atoms with van der Waals surface area (Å²) >= 11 is 0. The first-order valence-electron chi connectivity index (χ1n) is 3.92. The van der Waals surface area contributed by atoms with Crippen molar-refractivity contribution in [2.45, 2.75) is 32.1 Å². The second-order valence-electron chi connectivity index (χ2n) is 2.35. The van der Waals surface area contributed by atoms with Crippen LogP contribution in [0.3, 0.4) is 0 Å². The van der Waals surface area contributed by atoms with E-state index in [0.29, 0.717) is 0 Å². The van der Waals surface area contributed by atoms with E-state index in [0.717, 1.165) is 32.1 Å². The molecule has 0 saturated carbocycles. The molecule has 0 aromatic rings. The van der Waals surface area contributed by atoms with Gasteiger partial charge in [0.2, 0.25) is 0 Å². The lowest BCUT2D eigenvalue weighted by Crippen LogP contribution is -1.85. The van der Waals surface area contributed by atoms with Gasteiger partial charge >= 0.3 is 0 Å². The van der Waals surface area contributed by atoms with Crippen LogP contribution < -0.4 is 0 Å². The monoisotopic (exact) mass is 144 g/mol. The lowest BCUT2D eigenvalue weighted by Gasteiger charge is -1.96. The Kier molecular flexibility index (Phi) is 8.85. The number of hydrogen-bond acceptors (Lipinski definition) is 1. The topological polar surface area (TPSA) is 40.1 Å². The standard InChI is InChI=1S/C8H16O2/c9-7-5-3-1-2-4-6-8-10/h1,10H,2-8H2. The van der Waals surface area contributed by atoms with Crippen molar-refractivity contribution in [3.05, 3.63) is 6.42 Å². The highest BCUT2D eigenvalue weighted by molar-refractivity contribution is 4.63. The van der Waals surface area contributed by atoms with E-state index in [4.69, 9.17) is 5.11 Å². The molecule has 0 aliphatic heterocycles. The van der Waals surface area contributed by atoms with Crippen LogP contribution in [0.25, 0.3) is 0 Å². The molecule has 0 saturated heterocycles. The molecule has 2 radical (unpaired) electrons. The van der Waals surface area contributed by atoms with Gasteiger partial charge in [-0.05, 0) is 25.7 Å². The normalized spacial score (nSPS) is 10.2. The molecule has 2 heteroatoms. The van der Waals surface area contributed by atoms with Gasteiger partial charge in [0.1, 0.15) is 0 Å². The minimum Gasteiger partial charge on any atom is -0.396 e. The van der Waals surface area contributed by atoms with E-state index in [1.54, 1.807) is 0 Å². The average molecular weight is 144 g/mol. The first kappa shape index (κ1) is 9.92. The SMILES string of the molecule is [O]CCC[CH]CCCCO. The highest BCUT2D eigenvalue weighted by Gasteiger charge is 1.89. The largest absolute Gasteiger partial charge is 0.396 e. The number of unbranched alkanes of at least 4 members (excludes halogenated alkanes) is 5. The maximum Gasteiger partial charge on any atom is 0.0822 e. The van der Waals surface area contributed by atoms with Gasteiger partial charge in [0.15, 0.2) is 0 Å². The van der Waals surface area contributed by atoms with E-state index in [2.05, 4.69) is 6.42 Å². The zero-order chi connectivity index (χ0) is 7.66. The zero-order valence-electron chi connectivity index (χ0n) is 6.38. The van der Waals surface area contributed by atoms with Crippen LogP contribution in [0.1, 0.15) is 32.1 Å². The lowest BCUT2D eigenvalue weighted by molar-refractivity contribution is 0.188. The molecule has 0 rings (SSSR count). The van der Waals surface area contributed by atoms with Crippen molar-refractivity contribution >= 4 is 0 Å². The second-order valence-corrected chi connectivity index (χ2v) is 2.35. The third kappa shape index (κ3) is 7.92. The van der Waals surface area contributed by atoms with Crippen LogP contribution in [0.2, 0.25) is 0 Å². The fraction of sp³-hybridized carbons (Fsp3) is 0.875. The van der Waals surface area contributed by atoms with Gasteiger partial charge in [0.05, 0.1) is 6.61 Å². The summed E-state index contributed by atoms with van der Waals surface area (Å²) in [4.78, 5) is 0. The fourth-order valence-corrected chi connectivity index (χ4v) is 0.772. The molecule has 0 aromatic heterocycles. The number of aliphatic hydroxyl groups is 1. The predicted octanol–water partition coefficient (Wildman–Crippen LogP) is 1.56. The van der Waals surface area contributed by atoms with Crippen LogP contribution in [0.4, 0.5) is 0 Å². The lowest BCUT2D eigenvalue weighted by atomic mass is 10.1. The van der Waals surface area contributed by atoms with E-state index in [-0.39, 0.29) is 13.2 Å². The number of rotatable bonds is 7. The summed E-state index contributed by atoms with van der Waals surface area (Å²) in [6.45, 7) is 0.325. The van der Waals surface area contributed by atoms with Gasteiger partial charge in [-0.3, -0.25) is 0 Å². The van der Waals surface area contributed by atoms with Gasteiger partial charge in [-0.1, -0.05) is 12.8 Å². The van der Waals surface area contributed by atoms with Crippen LogP contribution in [0.5, 0.6) is 0 Å². The Balaban J connectivity index is 2.65. The second kappa shape index (κ2) is 8.92. The van der Waals surface area contributed by atoms with Crippen molar-refractivity contribution in [3.8, 4) is 0 Å². The molecule has 10 heavy (non-hydrogen) atoms. The van der Waals surface area contributed by atoms with Crippen LogP contribution in [0, 0.1) is 6.42 Å². The molecule has 1 N–H and O–H groups in total. The van der Waals surface area contributed by atoms with E-state index < -0.39 is 0 Å². The van der Waals surface area contributed by atoms with Crippen molar-refractivity contribution in [1.29, 1.82) is 0 Å². The molecule has 0 aromatic carbocycles. The Morgan fingerprint density at radius 2 is 1.80 bits per heavy atom. The first-order chi connectivity index (χ1) is 4.91. The van der Waals surface area contributed by atoms with E-state index in [9.17, 15) is 5.11 Å². The summed E-state index contributed by atoms with van der Waals surface area (Å²) in [7, 11) is 0. The Hall–Kier alpha value is -0.0800. The number of aliphatic hydroxyl groups excluding tert-OH is 1. The summed E-state index contributed by atoms with van der Waals surface area (Å²) < 4.78 is 0. The van der Waals surface area contributed by atoms with Crippen LogP contribution in [-0.2, 0) is 5.11 Å². The molecule has 0 amide bonds. The van der Waals surface area contributed by atoms with Crippen molar-refractivity contribution in [3.63, 3.8) is 0 Å². The van der Waals surface area contributed by atoms with E-state index >= 15 is 0 Å². The van der Waals surface area contributed by atoms with E-state index in [1.807, 2.05) is 0 Å². The molecule has 0 aliphatic carbocycles. The summed E-state index contributed by atoms with van der Waals surface area (Å²) in [6, 6.07) is 0. The minimum absolute atomic E-state index is 0.0382. The van der Waals surface area contributed by atoms with Gasteiger partial charge in [-0.25, -0.2) is 5.11 Å². The molecule has 60 valence electrons. The van der Waals surface area contributed by atoms with Gasteiger partial charge in [-0.15, -0.1) is 0 Å². The van der Waals surface area contributed by atoms with Gasteiger partial charge in [0.25, 0.3) is 0 Å². The highest BCUT2D eigenvalue weighted by Crippen LogP contribution is 2.02. The molecular weight excluding hydrogens is 128 g/mol. The van der Waals surface area contributed by atoms with Crippen LogP contribution >= 0.6 is 0 Å². The summed E-state index contributed by atoms with van der Waals surface area (Å²) in [5, 5.41) is 18.4. The predicted molar refractivity (Wildman–Crippen MR) is 40.0 cm³/mol. The maximum absolute atomic E-state index is 9.96. The molecular formula is C8H16O2. The van der Waals surface area contributed by atoms with E-state index in [1.165, 1.54) is 0 Å². The van der Waals surface area contributed by atoms with Gasteiger partial charge in [0, 0.05) is 6.61 Å². The van der Waals surface area contributed by atoms with Crippen molar-refractivity contribution in [1.82, 2.24) is 0 Å². The molecule has 0 bridgehead atoms. The van der Waals surface area contributed by atoms with Gasteiger partial charge in [-0.2, -0.15) is 0 Å². The van der Waals surface area contributed by atoms with Crippen LogP contribution in [0.15, 0.2) is 0 Å². The highest BCUT2D eigenvalue weighted by atomic mass is 16.3. The zero-order valence-corrected chi connectivity index (χ0v) is 6.38. The quantitative estimate of drug-likeness (QED) is 0.541. The molecule has 0 heterocycles. The minimum atomic E-state index is 0.0382. The van der Waals surface area contributed by atoms with Crippen LogP contribution in [-0.4, -0.2) is 18.3 Å². The Bertz CT molecular complexity index is 47.2. The van der Waals surface area contributed by atoms with Crippen molar-refractivity contribution < 1.29 is 10.2 Å². The third-order valence-corrected chi connectivity index (χ3v) is 1.37. The van der Waals surface area contributed by atoms with Gasteiger partial charge < -0.3 is 5.11 Å². The molecule has 0 atom stereocenters. The Labute approximate surface area is 62.9 Å². The summed E-state index contributed by atoms with van der Waals surface area (Å²) in [5.74, 6) is 0. The molecule has 0 spiro atoms. The Morgan fingerprint density at radius 3 is 2.40 bits per heavy atom.